The summed E-state index contributed by atoms with van der Waals surface area (Å²) in [5, 5.41) is 2.67. The molecule has 0 saturated heterocycles. The van der Waals surface area contributed by atoms with Gasteiger partial charge in [-0.2, -0.15) is 24.9 Å². The Bertz CT molecular complexity index is 862. The van der Waals surface area contributed by atoms with Gasteiger partial charge in [0.1, 0.15) is 16.9 Å². The van der Waals surface area contributed by atoms with Gasteiger partial charge in [0.05, 0.1) is 0 Å². The van der Waals surface area contributed by atoms with Gasteiger partial charge in [0.25, 0.3) is 5.56 Å². The van der Waals surface area contributed by atoms with Crippen molar-refractivity contribution in [2.24, 2.45) is 0 Å². The number of aromatic amines is 1. The van der Waals surface area contributed by atoms with Gasteiger partial charge in [0, 0.05) is 23.2 Å². The number of benzene rings is 1. The van der Waals surface area contributed by atoms with Crippen LogP contribution >= 0.6 is 11.8 Å². The molecule has 8 heteroatoms. The minimum absolute atomic E-state index is 0.0587. The fraction of sp³-hybridized carbons (Fsp3) is 0.353. The largest absolute Gasteiger partial charge is 0.403 e. The van der Waals surface area contributed by atoms with Crippen LogP contribution in [0.5, 0.6) is 0 Å². The zero-order valence-corrected chi connectivity index (χ0v) is 14.3. The van der Waals surface area contributed by atoms with Gasteiger partial charge < -0.3 is 10.3 Å². The van der Waals surface area contributed by atoms with Crippen molar-refractivity contribution in [2.45, 2.75) is 30.7 Å². The zero-order chi connectivity index (χ0) is 18.4. The number of pyridine rings is 1. The van der Waals surface area contributed by atoms with Gasteiger partial charge in [-0.3, -0.25) is 4.79 Å². The monoisotopic (exact) mass is 372 g/mol. The highest BCUT2D eigenvalue weighted by Crippen LogP contribution is 2.55. The quantitative estimate of drug-likeness (QED) is 0.777. The SMILES string of the molecule is CC(C)SCC1(C(F)(F)F)c2cc(F)ccc2Nc2c1cc[nH]c2=O. The molecule has 2 N–H and O–H groups in total. The number of alkyl halides is 3. The highest BCUT2D eigenvalue weighted by molar-refractivity contribution is 7.99. The third-order valence-corrected chi connectivity index (χ3v) is 5.51. The van der Waals surface area contributed by atoms with Crippen LogP contribution in [0.15, 0.2) is 35.3 Å². The Balaban J connectivity index is 2.37. The molecule has 25 heavy (non-hydrogen) atoms. The van der Waals surface area contributed by atoms with Crippen molar-refractivity contribution in [1.29, 1.82) is 0 Å². The molecule has 1 aromatic heterocycles. The fourth-order valence-electron chi connectivity index (χ4n) is 3.05. The van der Waals surface area contributed by atoms with Crippen molar-refractivity contribution in [3.8, 4) is 0 Å². The van der Waals surface area contributed by atoms with Crippen LogP contribution in [0.1, 0.15) is 25.0 Å². The Morgan fingerprint density at radius 3 is 2.56 bits per heavy atom. The second kappa shape index (κ2) is 6.09. The van der Waals surface area contributed by atoms with Crippen molar-refractivity contribution in [3.63, 3.8) is 0 Å². The Labute approximate surface area is 145 Å². The summed E-state index contributed by atoms with van der Waals surface area (Å²) >= 11 is 1.12. The van der Waals surface area contributed by atoms with Crippen LogP contribution < -0.4 is 10.9 Å². The third-order valence-electron chi connectivity index (χ3n) is 4.24. The lowest BCUT2D eigenvalue weighted by atomic mass is 9.72. The normalized spacial score (nSPS) is 19.3. The Kier molecular flexibility index (Phi) is 4.35. The highest BCUT2D eigenvalue weighted by Gasteiger charge is 2.60. The zero-order valence-electron chi connectivity index (χ0n) is 13.5. The molecule has 0 amide bonds. The van der Waals surface area contributed by atoms with Gasteiger partial charge in [-0.05, 0) is 35.1 Å². The highest BCUT2D eigenvalue weighted by atomic mass is 32.2. The molecule has 0 saturated carbocycles. The molecule has 0 fully saturated rings. The van der Waals surface area contributed by atoms with E-state index >= 15 is 0 Å². The summed E-state index contributed by atoms with van der Waals surface area (Å²) in [4.78, 5) is 14.5. The van der Waals surface area contributed by atoms with Crippen LogP contribution in [0, 0.1) is 5.82 Å². The number of aromatic nitrogens is 1. The van der Waals surface area contributed by atoms with Crippen LogP contribution in [-0.4, -0.2) is 22.2 Å². The topological polar surface area (TPSA) is 44.9 Å². The molecule has 3 rings (SSSR count). The van der Waals surface area contributed by atoms with E-state index in [1.165, 1.54) is 18.3 Å². The first-order chi connectivity index (χ1) is 11.7. The summed E-state index contributed by atoms with van der Waals surface area (Å²) < 4.78 is 57.0. The number of hydrogen-bond donors (Lipinski definition) is 2. The van der Waals surface area contributed by atoms with E-state index in [4.69, 9.17) is 0 Å². The molecular weight excluding hydrogens is 356 g/mol. The molecule has 1 aliphatic rings. The fourth-order valence-corrected chi connectivity index (χ4v) is 4.11. The molecule has 3 nitrogen and oxygen atoms in total. The number of halogens is 4. The molecule has 1 atom stereocenters. The van der Waals surface area contributed by atoms with Crippen molar-refractivity contribution in [3.05, 3.63) is 57.8 Å². The molecular formula is C17H16F4N2OS. The van der Waals surface area contributed by atoms with Crippen LogP contribution in [-0.2, 0) is 5.41 Å². The number of hydrogen-bond acceptors (Lipinski definition) is 3. The molecule has 0 spiro atoms. The van der Waals surface area contributed by atoms with Gasteiger partial charge in [-0.1, -0.05) is 13.8 Å². The summed E-state index contributed by atoms with van der Waals surface area (Å²) in [5.74, 6) is -1.10. The molecule has 0 radical (unpaired) electrons. The maximum absolute atomic E-state index is 14.4. The number of rotatable bonds is 3. The molecule has 1 aliphatic heterocycles. The second-order valence-electron chi connectivity index (χ2n) is 6.17. The minimum Gasteiger partial charge on any atom is -0.351 e. The maximum Gasteiger partial charge on any atom is 0.403 e. The number of anilines is 2. The van der Waals surface area contributed by atoms with Crippen LogP contribution in [0.25, 0.3) is 0 Å². The molecule has 1 aromatic carbocycles. The van der Waals surface area contributed by atoms with Gasteiger partial charge in [0.2, 0.25) is 0 Å². The van der Waals surface area contributed by atoms with Gasteiger partial charge in [-0.25, -0.2) is 4.39 Å². The van der Waals surface area contributed by atoms with E-state index in [-0.39, 0.29) is 33.5 Å². The summed E-state index contributed by atoms with van der Waals surface area (Å²) in [6.45, 7) is 3.59. The van der Waals surface area contributed by atoms with Gasteiger partial charge in [-0.15, -0.1) is 0 Å². The number of H-pyrrole nitrogens is 1. The Hall–Kier alpha value is -1.96. The van der Waals surface area contributed by atoms with Crippen molar-refractivity contribution in [2.75, 3.05) is 11.1 Å². The Morgan fingerprint density at radius 2 is 1.92 bits per heavy atom. The van der Waals surface area contributed by atoms with Crippen molar-refractivity contribution < 1.29 is 17.6 Å². The molecule has 1 unspecified atom stereocenters. The van der Waals surface area contributed by atoms with Crippen LogP contribution in [0.4, 0.5) is 28.9 Å². The average Bonchev–Trinajstić information content (AvgIpc) is 2.51. The first-order valence-corrected chi connectivity index (χ1v) is 8.69. The summed E-state index contributed by atoms with van der Waals surface area (Å²) in [6, 6.07) is 4.46. The van der Waals surface area contributed by atoms with Crippen LogP contribution in [0.2, 0.25) is 0 Å². The lowest BCUT2D eigenvalue weighted by molar-refractivity contribution is -0.171. The van der Waals surface area contributed by atoms with Gasteiger partial charge in [0.15, 0.2) is 0 Å². The van der Waals surface area contributed by atoms with E-state index in [2.05, 4.69) is 10.3 Å². The summed E-state index contributed by atoms with van der Waals surface area (Å²) in [5.41, 5.74) is -3.55. The molecule has 2 aromatic rings. The number of fused-ring (bicyclic) bond motifs is 2. The van der Waals surface area contributed by atoms with Crippen LogP contribution in [0.3, 0.4) is 0 Å². The maximum atomic E-state index is 14.4. The number of nitrogens with one attached hydrogen (secondary N) is 2. The predicted octanol–water partition coefficient (Wildman–Crippen LogP) is 4.56. The van der Waals surface area contributed by atoms with E-state index in [0.29, 0.717) is 0 Å². The van der Waals surface area contributed by atoms with E-state index in [0.717, 1.165) is 23.9 Å². The van der Waals surface area contributed by atoms with Crippen molar-refractivity contribution >= 4 is 23.1 Å². The standard InChI is InChI=1S/C17H16F4N2OS/c1-9(2)25-8-16(17(19,20)21)11-5-6-22-15(24)14(11)23-13-4-3-10(18)7-12(13)16/h3-7,9,23H,8H2,1-2H3,(H,22,24). The first-order valence-electron chi connectivity index (χ1n) is 7.64. The molecule has 2 heterocycles. The predicted molar refractivity (Wildman–Crippen MR) is 91.2 cm³/mol. The van der Waals surface area contributed by atoms with E-state index in [1.54, 1.807) is 13.8 Å². The first kappa shape index (κ1) is 17.8. The van der Waals surface area contributed by atoms with E-state index in [1.807, 2.05) is 0 Å². The summed E-state index contributed by atoms with van der Waals surface area (Å²) in [7, 11) is 0. The Morgan fingerprint density at radius 1 is 1.20 bits per heavy atom. The minimum atomic E-state index is -4.71. The lowest BCUT2D eigenvalue weighted by Crippen LogP contribution is -2.49. The number of thioether (sulfide) groups is 1. The van der Waals surface area contributed by atoms with E-state index in [9.17, 15) is 22.4 Å². The molecule has 0 aliphatic carbocycles. The molecule has 134 valence electrons. The molecule has 0 bridgehead atoms. The smallest absolute Gasteiger partial charge is 0.351 e. The lowest BCUT2D eigenvalue weighted by Gasteiger charge is -2.42. The second-order valence-corrected chi connectivity index (χ2v) is 7.74. The van der Waals surface area contributed by atoms with Gasteiger partial charge >= 0.3 is 6.18 Å². The van der Waals surface area contributed by atoms with E-state index < -0.39 is 23.0 Å². The average molecular weight is 372 g/mol. The van der Waals surface area contributed by atoms with Crippen molar-refractivity contribution in [1.82, 2.24) is 4.98 Å². The third kappa shape index (κ3) is 2.82. The summed E-state index contributed by atoms with van der Waals surface area (Å²) in [6.07, 6.45) is -3.52.